The van der Waals surface area contributed by atoms with Gasteiger partial charge < -0.3 is 20.6 Å². The van der Waals surface area contributed by atoms with Crippen LogP contribution in [0.4, 0.5) is 20.2 Å². The Morgan fingerprint density at radius 3 is 2.44 bits per heavy atom. The van der Waals surface area contributed by atoms with Crippen LogP contribution in [0.3, 0.4) is 0 Å². The van der Waals surface area contributed by atoms with Crippen molar-refractivity contribution in [2.75, 3.05) is 36.8 Å². The highest BCUT2D eigenvalue weighted by atomic mass is 32.1. The molecule has 1 atom stereocenters. The van der Waals surface area contributed by atoms with E-state index in [1.165, 1.54) is 31.0 Å². The van der Waals surface area contributed by atoms with Crippen LogP contribution in [0.25, 0.3) is 10.2 Å². The van der Waals surface area contributed by atoms with Gasteiger partial charge in [0.2, 0.25) is 11.8 Å². The minimum atomic E-state index is -2.80. The molecule has 0 bridgehead atoms. The SMILES string of the molecule is CC(C)(O)c1cc2nc([C@H]3CC[C@H](CN4CC5(CC(CCNc6cccc7c6C(=O)N(C6CCC(=O)NC6=O)C7=O)C5)C4)CC3)sc2cc1NC(=O)c1cccc(C(F)F)n1. The van der Waals surface area contributed by atoms with Crippen LogP contribution >= 0.6 is 11.3 Å². The Morgan fingerprint density at radius 2 is 1.72 bits per heavy atom. The van der Waals surface area contributed by atoms with Crippen LogP contribution in [-0.4, -0.2) is 86.6 Å². The summed E-state index contributed by atoms with van der Waals surface area (Å²) in [4.78, 5) is 76.2. The summed E-state index contributed by atoms with van der Waals surface area (Å²) in [5.41, 5.74) is 1.28. The molecule has 16 heteroatoms. The lowest BCUT2D eigenvalue weighted by molar-refractivity contribution is -0.136. The normalized spacial score (nSPS) is 23.0. The van der Waals surface area contributed by atoms with E-state index in [0.29, 0.717) is 52.2 Å². The summed E-state index contributed by atoms with van der Waals surface area (Å²) >= 11 is 1.60. The lowest BCUT2D eigenvalue weighted by Crippen LogP contribution is -2.63. The quantitative estimate of drug-likeness (QED) is 0.109. The van der Waals surface area contributed by atoms with Gasteiger partial charge in [0.05, 0.1) is 32.0 Å². The number of nitrogens with one attached hydrogen (secondary N) is 3. The van der Waals surface area contributed by atoms with Crippen LogP contribution in [0.15, 0.2) is 48.5 Å². The van der Waals surface area contributed by atoms with Crippen molar-refractivity contribution in [2.45, 2.75) is 95.6 Å². The van der Waals surface area contributed by atoms with E-state index in [4.69, 9.17) is 4.98 Å². The predicted molar refractivity (Wildman–Crippen MR) is 225 cm³/mol. The van der Waals surface area contributed by atoms with E-state index < -0.39 is 53.3 Å². The molecular weight excluding hydrogens is 805 g/mol. The van der Waals surface area contributed by atoms with Crippen LogP contribution in [0, 0.1) is 17.3 Å². The topological polar surface area (TPSA) is 174 Å². The van der Waals surface area contributed by atoms with Crippen molar-refractivity contribution < 1.29 is 37.9 Å². The number of fused-ring (bicyclic) bond motifs is 2. The Morgan fingerprint density at radius 1 is 0.967 bits per heavy atom. The number of rotatable bonds is 12. The number of alkyl halides is 2. The number of imide groups is 2. The number of piperidine rings is 1. The molecule has 4 aromatic rings. The van der Waals surface area contributed by atoms with Crippen molar-refractivity contribution in [1.29, 1.82) is 0 Å². The van der Waals surface area contributed by atoms with Crippen LogP contribution < -0.4 is 16.0 Å². The van der Waals surface area contributed by atoms with Gasteiger partial charge in [-0.3, -0.25) is 34.2 Å². The summed E-state index contributed by atoms with van der Waals surface area (Å²) in [6.45, 7) is 7.30. The van der Waals surface area contributed by atoms with Crippen molar-refractivity contribution in [1.82, 2.24) is 25.1 Å². The molecule has 2 saturated heterocycles. The van der Waals surface area contributed by atoms with Gasteiger partial charge in [-0.1, -0.05) is 12.1 Å². The number of benzene rings is 2. The first kappa shape index (κ1) is 41.2. The molecule has 13 nitrogen and oxygen atoms in total. The number of likely N-dealkylation sites (tertiary alicyclic amines) is 1. The second-order valence-electron chi connectivity index (χ2n) is 18.2. The molecule has 5 amide bonds. The highest BCUT2D eigenvalue weighted by molar-refractivity contribution is 7.18. The summed E-state index contributed by atoms with van der Waals surface area (Å²) < 4.78 is 27.4. The van der Waals surface area contributed by atoms with E-state index in [-0.39, 0.29) is 24.1 Å². The molecule has 320 valence electrons. The van der Waals surface area contributed by atoms with Gasteiger partial charge in [0.15, 0.2) is 0 Å². The number of halogens is 2. The molecule has 61 heavy (non-hydrogen) atoms. The molecule has 9 rings (SSSR count). The minimum absolute atomic E-state index is 0.0823. The molecule has 2 saturated carbocycles. The van der Waals surface area contributed by atoms with Gasteiger partial charge in [0.1, 0.15) is 17.4 Å². The number of thiazole rings is 1. The molecule has 1 unspecified atom stereocenters. The molecule has 3 aliphatic heterocycles. The van der Waals surface area contributed by atoms with Gasteiger partial charge in [-0.25, -0.2) is 18.7 Å². The fourth-order valence-electron chi connectivity index (χ4n) is 10.4. The van der Waals surface area contributed by atoms with E-state index in [9.17, 15) is 37.9 Å². The fourth-order valence-corrected chi connectivity index (χ4v) is 11.5. The maximum atomic E-state index is 13.4. The van der Waals surface area contributed by atoms with E-state index in [1.807, 2.05) is 6.07 Å². The van der Waals surface area contributed by atoms with Crippen molar-refractivity contribution in [3.8, 4) is 0 Å². The zero-order chi connectivity index (χ0) is 42.8. The summed E-state index contributed by atoms with van der Waals surface area (Å²) in [6, 6.07) is 11.7. The van der Waals surface area contributed by atoms with Crippen molar-refractivity contribution in [3.05, 3.63) is 81.6 Å². The molecule has 1 spiro atoms. The highest BCUT2D eigenvalue weighted by Gasteiger charge is 2.52. The number of carbonyl (C=O) groups is 5. The monoisotopic (exact) mass is 853 g/mol. The smallest absolute Gasteiger partial charge is 0.280 e. The van der Waals surface area contributed by atoms with Crippen LogP contribution in [0.1, 0.15) is 131 Å². The Bertz CT molecular complexity index is 2430. The van der Waals surface area contributed by atoms with E-state index in [1.54, 1.807) is 49.4 Å². The number of nitrogens with zero attached hydrogens (tertiary/aromatic N) is 4. The van der Waals surface area contributed by atoms with Gasteiger partial charge in [-0.15, -0.1) is 11.3 Å². The zero-order valence-electron chi connectivity index (χ0n) is 34.1. The summed E-state index contributed by atoms with van der Waals surface area (Å²) in [7, 11) is 0. The number of aliphatic hydroxyl groups is 1. The molecular formula is C45H49F2N7O6S. The zero-order valence-corrected chi connectivity index (χ0v) is 35.0. The van der Waals surface area contributed by atoms with E-state index >= 15 is 0 Å². The van der Waals surface area contributed by atoms with E-state index in [2.05, 4.69) is 25.8 Å². The van der Waals surface area contributed by atoms with Crippen molar-refractivity contribution in [3.63, 3.8) is 0 Å². The minimum Gasteiger partial charge on any atom is -0.386 e. The molecule has 0 radical (unpaired) electrons. The Hall–Kier alpha value is -5.19. The van der Waals surface area contributed by atoms with E-state index in [0.717, 1.165) is 71.9 Å². The number of anilines is 2. The average molecular weight is 854 g/mol. The number of pyridine rings is 1. The summed E-state index contributed by atoms with van der Waals surface area (Å²) in [5.74, 6) is -1.08. The maximum Gasteiger partial charge on any atom is 0.280 e. The Labute approximate surface area is 355 Å². The van der Waals surface area contributed by atoms with Gasteiger partial charge in [0.25, 0.3) is 24.1 Å². The molecule has 2 aliphatic carbocycles. The third-order valence-corrected chi connectivity index (χ3v) is 14.5. The number of hydrogen-bond acceptors (Lipinski definition) is 11. The first-order valence-corrected chi connectivity index (χ1v) is 22.0. The first-order valence-electron chi connectivity index (χ1n) is 21.2. The second-order valence-corrected chi connectivity index (χ2v) is 19.3. The molecule has 2 aromatic heterocycles. The third kappa shape index (κ3) is 8.05. The van der Waals surface area contributed by atoms with Gasteiger partial charge in [0, 0.05) is 55.5 Å². The molecule has 5 aliphatic rings. The number of hydrogen-bond donors (Lipinski definition) is 4. The molecule has 5 heterocycles. The van der Waals surface area contributed by atoms with Gasteiger partial charge in [-0.05, 0) is 119 Å². The summed E-state index contributed by atoms with van der Waals surface area (Å²) in [5, 5.41) is 20.5. The highest BCUT2D eigenvalue weighted by Crippen LogP contribution is 2.53. The van der Waals surface area contributed by atoms with Gasteiger partial charge >= 0.3 is 0 Å². The van der Waals surface area contributed by atoms with Crippen LogP contribution in [-0.2, 0) is 15.2 Å². The lowest BCUT2D eigenvalue weighted by Gasteiger charge is -2.60. The number of amides is 5. The molecule has 2 aromatic carbocycles. The average Bonchev–Trinajstić information content (AvgIpc) is 3.73. The van der Waals surface area contributed by atoms with Crippen LogP contribution in [0.2, 0.25) is 0 Å². The fraction of sp³-hybridized carbons (Fsp3) is 0.489. The third-order valence-electron chi connectivity index (χ3n) is 13.3. The summed E-state index contributed by atoms with van der Waals surface area (Å²) in [6.07, 6.45) is 5.10. The Kier molecular flexibility index (Phi) is 10.8. The van der Waals surface area contributed by atoms with Crippen molar-refractivity contribution in [2.24, 2.45) is 17.3 Å². The molecule has 4 fully saturated rings. The predicted octanol–water partition coefficient (Wildman–Crippen LogP) is 7.00. The van der Waals surface area contributed by atoms with Crippen LogP contribution in [0.5, 0.6) is 0 Å². The maximum absolute atomic E-state index is 13.4. The lowest BCUT2D eigenvalue weighted by atomic mass is 9.57. The Balaban J connectivity index is 0.732. The first-order chi connectivity index (χ1) is 29.1. The standard InChI is InChI=1S/C45H49F2N7O6S/c1-44(2,60)28-17-33-35(18-32(28)50-39(56)31-8-4-7-30(49-31)38(46)47)61-41(51-33)26-11-9-24(10-12-26)21-53-22-45(23-53)19-25(20-45)15-16-48-29-6-3-5-27-37(29)43(59)54(42(27)58)34-13-14-36(55)52-40(34)57/h3-8,17-18,24-26,34,38,48,60H,9-16,19-23H2,1-2H3,(H,50,56)(H,52,55,57)/t24-,26-,34?. The second kappa shape index (κ2) is 15.9. The number of aromatic nitrogens is 2. The molecule has 4 N–H and O–H groups in total. The van der Waals surface area contributed by atoms with Crippen molar-refractivity contribution >= 4 is 62.5 Å². The number of carbonyl (C=O) groups excluding carboxylic acids is 5. The van der Waals surface area contributed by atoms with Gasteiger partial charge in [-0.2, -0.15) is 0 Å². The largest absolute Gasteiger partial charge is 0.386 e.